The largest absolute Gasteiger partial charge is 0.493 e. The maximum Gasteiger partial charge on any atom is 0.387 e. The van der Waals surface area contributed by atoms with Crippen LogP contribution in [-0.2, 0) is 13.1 Å². The maximum atomic E-state index is 12.6. The van der Waals surface area contributed by atoms with Gasteiger partial charge in [-0.1, -0.05) is 36.4 Å². The fraction of sp³-hybridized carbons (Fsp3) is 0.273. The standard InChI is InChI=1S/C22H25F2N5O2.HI/c1-25-22(27-12-15-9-10-18(30-3)19(11-15)31-21(23)24)29(2)14-20-26-13-17(28-20)16-7-5-4-6-8-16;/h4-11,13,21H,12,14H2,1-3H3,(H,25,27)(H,26,28);1H. The predicted octanol–water partition coefficient (Wildman–Crippen LogP) is 4.51. The van der Waals surface area contributed by atoms with Crippen LogP contribution in [-0.4, -0.2) is 48.6 Å². The second-order valence-electron chi connectivity index (χ2n) is 6.73. The van der Waals surface area contributed by atoms with Crippen molar-refractivity contribution in [2.24, 2.45) is 4.99 Å². The van der Waals surface area contributed by atoms with Crippen LogP contribution in [0.5, 0.6) is 11.5 Å². The zero-order valence-corrected chi connectivity index (χ0v) is 20.3. The lowest BCUT2D eigenvalue weighted by Gasteiger charge is -2.21. The van der Waals surface area contributed by atoms with Crippen LogP contribution in [0.25, 0.3) is 11.3 Å². The summed E-state index contributed by atoms with van der Waals surface area (Å²) in [7, 11) is 4.97. The van der Waals surface area contributed by atoms with E-state index in [0.717, 1.165) is 22.6 Å². The number of rotatable bonds is 8. The van der Waals surface area contributed by atoms with E-state index in [2.05, 4.69) is 25.0 Å². The monoisotopic (exact) mass is 557 g/mol. The number of aromatic amines is 1. The molecule has 0 atom stereocenters. The Morgan fingerprint density at radius 1 is 1.19 bits per heavy atom. The number of methoxy groups -OCH3 is 1. The van der Waals surface area contributed by atoms with Crippen molar-refractivity contribution in [2.45, 2.75) is 19.7 Å². The first kappa shape index (κ1) is 25.4. The SMILES string of the molecule is CN=C(NCc1ccc(OC)c(OC(F)F)c1)N(C)Cc1ncc(-c2ccccc2)[nH]1.I. The van der Waals surface area contributed by atoms with Crippen molar-refractivity contribution in [1.29, 1.82) is 0 Å². The van der Waals surface area contributed by atoms with Gasteiger partial charge in [0.15, 0.2) is 17.5 Å². The average Bonchev–Trinajstić information content (AvgIpc) is 3.23. The van der Waals surface area contributed by atoms with Crippen LogP contribution in [0.2, 0.25) is 0 Å². The lowest BCUT2D eigenvalue weighted by molar-refractivity contribution is -0.0512. The lowest BCUT2D eigenvalue weighted by atomic mass is 10.2. The minimum absolute atomic E-state index is 0. The Hall–Kier alpha value is -2.89. The van der Waals surface area contributed by atoms with Crippen LogP contribution < -0.4 is 14.8 Å². The highest BCUT2D eigenvalue weighted by molar-refractivity contribution is 14.0. The van der Waals surface area contributed by atoms with E-state index in [1.165, 1.54) is 13.2 Å². The molecular formula is C22H26F2IN5O2. The van der Waals surface area contributed by atoms with Gasteiger partial charge in [0.05, 0.1) is 25.5 Å². The van der Waals surface area contributed by atoms with E-state index in [4.69, 9.17) is 4.74 Å². The van der Waals surface area contributed by atoms with Crippen LogP contribution in [0.3, 0.4) is 0 Å². The van der Waals surface area contributed by atoms with Crippen LogP contribution in [0.4, 0.5) is 8.78 Å². The molecule has 1 heterocycles. The summed E-state index contributed by atoms with van der Waals surface area (Å²) in [5.41, 5.74) is 2.75. The molecular weight excluding hydrogens is 531 g/mol. The number of benzene rings is 2. The number of imidazole rings is 1. The van der Waals surface area contributed by atoms with E-state index in [-0.39, 0.29) is 35.5 Å². The first-order chi connectivity index (χ1) is 15.0. The molecule has 10 heteroatoms. The topological polar surface area (TPSA) is 74.8 Å². The summed E-state index contributed by atoms with van der Waals surface area (Å²) in [6.45, 7) is -2.05. The average molecular weight is 557 g/mol. The maximum absolute atomic E-state index is 12.6. The number of nitrogens with one attached hydrogen (secondary N) is 2. The van der Waals surface area contributed by atoms with Gasteiger partial charge in [0.1, 0.15) is 5.82 Å². The molecule has 2 N–H and O–H groups in total. The molecule has 3 rings (SSSR count). The Labute approximate surface area is 202 Å². The fourth-order valence-electron chi connectivity index (χ4n) is 3.09. The summed E-state index contributed by atoms with van der Waals surface area (Å²) in [5, 5.41) is 3.21. The van der Waals surface area contributed by atoms with Crippen molar-refractivity contribution in [2.75, 3.05) is 21.2 Å². The van der Waals surface area contributed by atoms with Crippen molar-refractivity contribution in [3.8, 4) is 22.8 Å². The number of ether oxygens (including phenoxy) is 2. The number of aliphatic imine (C=N–C) groups is 1. The van der Waals surface area contributed by atoms with Crippen molar-refractivity contribution in [1.82, 2.24) is 20.2 Å². The van der Waals surface area contributed by atoms with Gasteiger partial charge in [-0.05, 0) is 23.3 Å². The number of hydrogen-bond acceptors (Lipinski definition) is 4. The number of aromatic nitrogens is 2. The second-order valence-corrected chi connectivity index (χ2v) is 6.73. The number of alkyl halides is 2. The molecule has 32 heavy (non-hydrogen) atoms. The Kier molecular flexibility index (Phi) is 9.69. The Bertz CT molecular complexity index is 1010. The highest BCUT2D eigenvalue weighted by Crippen LogP contribution is 2.29. The quantitative estimate of drug-likeness (QED) is 0.242. The number of H-pyrrole nitrogens is 1. The zero-order valence-electron chi connectivity index (χ0n) is 18.0. The van der Waals surface area contributed by atoms with Gasteiger partial charge in [-0.15, -0.1) is 24.0 Å². The summed E-state index contributed by atoms with van der Waals surface area (Å²) in [4.78, 5) is 14.0. The second kappa shape index (κ2) is 12.2. The van der Waals surface area contributed by atoms with Gasteiger partial charge in [0, 0.05) is 20.6 Å². The predicted molar refractivity (Wildman–Crippen MR) is 131 cm³/mol. The third kappa shape index (κ3) is 6.81. The molecule has 0 bridgehead atoms. The number of halogens is 3. The minimum atomic E-state index is -2.93. The van der Waals surface area contributed by atoms with Crippen molar-refractivity contribution in [3.05, 3.63) is 66.1 Å². The van der Waals surface area contributed by atoms with Gasteiger partial charge in [-0.25, -0.2) is 4.98 Å². The van der Waals surface area contributed by atoms with Crippen molar-refractivity contribution >= 4 is 29.9 Å². The lowest BCUT2D eigenvalue weighted by Crippen LogP contribution is -2.38. The van der Waals surface area contributed by atoms with E-state index >= 15 is 0 Å². The molecule has 0 aliphatic rings. The number of guanidine groups is 1. The summed E-state index contributed by atoms with van der Waals surface area (Å²) in [6.07, 6.45) is 1.80. The Morgan fingerprint density at radius 2 is 1.94 bits per heavy atom. The van der Waals surface area contributed by atoms with Crippen LogP contribution in [0, 0.1) is 0 Å². The van der Waals surface area contributed by atoms with Gasteiger partial charge in [0.2, 0.25) is 0 Å². The molecule has 0 saturated heterocycles. The van der Waals surface area contributed by atoms with Gasteiger partial charge in [-0.3, -0.25) is 4.99 Å². The van der Waals surface area contributed by atoms with Crippen molar-refractivity contribution < 1.29 is 18.3 Å². The molecule has 1 aromatic heterocycles. The summed E-state index contributed by atoms with van der Waals surface area (Å²) in [5.74, 6) is 1.66. The van der Waals surface area contributed by atoms with Gasteiger partial charge < -0.3 is 24.7 Å². The normalized spacial score (nSPS) is 11.1. The van der Waals surface area contributed by atoms with Gasteiger partial charge >= 0.3 is 6.61 Å². The van der Waals surface area contributed by atoms with Crippen LogP contribution >= 0.6 is 24.0 Å². The molecule has 0 spiro atoms. The molecule has 0 radical (unpaired) electrons. The van der Waals surface area contributed by atoms with E-state index < -0.39 is 6.61 Å². The highest BCUT2D eigenvalue weighted by atomic mass is 127. The minimum Gasteiger partial charge on any atom is -0.493 e. The summed E-state index contributed by atoms with van der Waals surface area (Å²) in [6, 6.07) is 14.8. The highest BCUT2D eigenvalue weighted by Gasteiger charge is 2.13. The third-order valence-electron chi connectivity index (χ3n) is 4.57. The van der Waals surface area contributed by atoms with Crippen LogP contribution in [0.1, 0.15) is 11.4 Å². The van der Waals surface area contributed by atoms with E-state index in [0.29, 0.717) is 19.0 Å². The van der Waals surface area contributed by atoms with Gasteiger partial charge in [0.25, 0.3) is 0 Å². The zero-order chi connectivity index (χ0) is 22.2. The molecule has 0 fully saturated rings. The molecule has 7 nitrogen and oxygen atoms in total. The molecule has 0 amide bonds. The molecule has 3 aromatic rings. The number of hydrogen-bond donors (Lipinski definition) is 2. The Morgan fingerprint density at radius 3 is 2.59 bits per heavy atom. The molecule has 0 saturated carbocycles. The first-order valence-corrected chi connectivity index (χ1v) is 9.63. The summed E-state index contributed by atoms with van der Waals surface area (Å²) >= 11 is 0. The molecule has 0 unspecified atom stereocenters. The number of nitrogens with zero attached hydrogens (tertiary/aromatic N) is 3. The molecule has 172 valence electrons. The Balaban J connectivity index is 0.00000363. The van der Waals surface area contributed by atoms with Gasteiger partial charge in [-0.2, -0.15) is 8.78 Å². The molecule has 2 aromatic carbocycles. The van der Waals surface area contributed by atoms with Crippen LogP contribution in [0.15, 0.2) is 59.7 Å². The summed E-state index contributed by atoms with van der Waals surface area (Å²) < 4.78 is 34.9. The van der Waals surface area contributed by atoms with Crippen molar-refractivity contribution in [3.63, 3.8) is 0 Å². The molecule has 0 aliphatic heterocycles. The van der Waals surface area contributed by atoms with E-state index in [1.807, 2.05) is 42.3 Å². The van der Waals surface area contributed by atoms with E-state index in [9.17, 15) is 8.78 Å². The third-order valence-corrected chi connectivity index (χ3v) is 4.57. The smallest absolute Gasteiger partial charge is 0.387 e. The molecule has 0 aliphatic carbocycles. The first-order valence-electron chi connectivity index (χ1n) is 9.63. The van der Waals surface area contributed by atoms with E-state index in [1.54, 1.807) is 25.4 Å². The fourth-order valence-corrected chi connectivity index (χ4v) is 3.09.